The number of rotatable bonds is 3. The Bertz CT molecular complexity index is 720. The quantitative estimate of drug-likeness (QED) is 0.780. The highest BCUT2D eigenvalue weighted by molar-refractivity contribution is 5.76. The lowest BCUT2D eigenvalue weighted by molar-refractivity contribution is 0.628. The first-order chi connectivity index (χ1) is 9.28. The molecule has 0 radical (unpaired) electrons. The van der Waals surface area contributed by atoms with Crippen molar-refractivity contribution < 1.29 is 4.39 Å². The number of hydrogen-bond donors (Lipinski definition) is 1. The summed E-state index contributed by atoms with van der Waals surface area (Å²) in [4.78, 5) is 8.69. The van der Waals surface area contributed by atoms with E-state index in [2.05, 4.69) is 9.97 Å². The van der Waals surface area contributed by atoms with Gasteiger partial charge >= 0.3 is 0 Å². The van der Waals surface area contributed by atoms with E-state index in [0.717, 1.165) is 22.5 Å². The summed E-state index contributed by atoms with van der Waals surface area (Å²) in [7, 11) is 0. The van der Waals surface area contributed by atoms with Gasteiger partial charge in [0, 0.05) is 24.4 Å². The Hall–Kier alpha value is -2.27. The Morgan fingerprint density at radius 1 is 1.32 bits per heavy atom. The monoisotopic (exact) mass is 256 g/mol. The molecular formula is C14H13FN4. The van der Waals surface area contributed by atoms with Crippen LogP contribution in [0, 0.1) is 5.82 Å². The third kappa shape index (κ3) is 2.20. The second kappa shape index (κ2) is 4.78. The molecule has 2 aromatic heterocycles. The molecule has 2 N–H and O–H groups in total. The molecule has 0 aliphatic carbocycles. The van der Waals surface area contributed by atoms with E-state index in [4.69, 9.17) is 5.73 Å². The summed E-state index contributed by atoms with van der Waals surface area (Å²) in [6, 6.07) is 6.42. The second-order valence-electron chi connectivity index (χ2n) is 4.32. The minimum absolute atomic E-state index is 0.270. The van der Waals surface area contributed by atoms with Gasteiger partial charge in [-0.2, -0.15) is 0 Å². The molecule has 0 aliphatic rings. The van der Waals surface area contributed by atoms with Crippen molar-refractivity contribution in [3.8, 4) is 11.1 Å². The molecule has 0 amide bonds. The first-order valence-corrected chi connectivity index (χ1v) is 6.05. The zero-order valence-corrected chi connectivity index (χ0v) is 10.3. The van der Waals surface area contributed by atoms with Crippen LogP contribution in [0.15, 0.2) is 43.0 Å². The summed E-state index contributed by atoms with van der Waals surface area (Å²) in [5, 5.41) is 0. The zero-order valence-electron chi connectivity index (χ0n) is 10.3. The maximum atomic E-state index is 13.3. The van der Waals surface area contributed by atoms with Gasteiger partial charge in [0.1, 0.15) is 17.8 Å². The molecule has 4 nitrogen and oxygen atoms in total. The summed E-state index contributed by atoms with van der Waals surface area (Å²) in [6.45, 7) is 0.548. The summed E-state index contributed by atoms with van der Waals surface area (Å²) in [5.41, 5.74) is 8.79. The van der Waals surface area contributed by atoms with Crippen molar-refractivity contribution in [3.63, 3.8) is 0 Å². The molecule has 0 atom stereocenters. The lowest BCUT2D eigenvalue weighted by Crippen LogP contribution is -2.02. The van der Waals surface area contributed by atoms with E-state index in [1.54, 1.807) is 18.6 Å². The first-order valence-electron chi connectivity index (χ1n) is 6.05. The fraction of sp³-hybridized carbons (Fsp3) is 0.143. The van der Waals surface area contributed by atoms with Crippen molar-refractivity contribution in [1.29, 1.82) is 0 Å². The number of fused-ring (bicyclic) bond motifs is 1. The highest BCUT2D eigenvalue weighted by Crippen LogP contribution is 2.23. The van der Waals surface area contributed by atoms with E-state index >= 15 is 0 Å². The number of nitrogens with zero attached hydrogens (tertiary/aromatic N) is 3. The van der Waals surface area contributed by atoms with Crippen LogP contribution in [0.2, 0.25) is 0 Å². The summed E-state index contributed by atoms with van der Waals surface area (Å²) in [5.74, 6) is -0.270. The van der Waals surface area contributed by atoms with Gasteiger partial charge in [-0.15, -0.1) is 0 Å². The van der Waals surface area contributed by atoms with E-state index in [1.807, 2.05) is 16.7 Å². The molecule has 0 fully saturated rings. The van der Waals surface area contributed by atoms with Crippen molar-refractivity contribution in [2.75, 3.05) is 6.54 Å². The first kappa shape index (κ1) is 11.8. The predicted molar refractivity (Wildman–Crippen MR) is 71.1 cm³/mol. The SMILES string of the molecule is NCCc1cn2cncc(-c3cccc(F)c3)c2n1. The van der Waals surface area contributed by atoms with Crippen molar-refractivity contribution in [2.24, 2.45) is 5.73 Å². The van der Waals surface area contributed by atoms with Crippen molar-refractivity contribution in [1.82, 2.24) is 14.4 Å². The molecule has 0 spiro atoms. The summed E-state index contributed by atoms with van der Waals surface area (Å²) >= 11 is 0. The highest BCUT2D eigenvalue weighted by atomic mass is 19.1. The van der Waals surface area contributed by atoms with E-state index < -0.39 is 0 Å². The third-order valence-corrected chi connectivity index (χ3v) is 2.95. The van der Waals surface area contributed by atoms with E-state index in [-0.39, 0.29) is 5.82 Å². The smallest absolute Gasteiger partial charge is 0.147 e. The van der Waals surface area contributed by atoms with Crippen molar-refractivity contribution >= 4 is 5.65 Å². The van der Waals surface area contributed by atoms with Gasteiger partial charge in [-0.3, -0.25) is 4.40 Å². The van der Waals surface area contributed by atoms with Crippen LogP contribution in [0.5, 0.6) is 0 Å². The fourth-order valence-corrected chi connectivity index (χ4v) is 2.10. The Morgan fingerprint density at radius 3 is 3.00 bits per heavy atom. The summed E-state index contributed by atoms with van der Waals surface area (Å²) in [6.07, 6.45) is 6.00. The molecule has 0 unspecified atom stereocenters. The van der Waals surface area contributed by atoms with Gasteiger partial charge in [0.15, 0.2) is 0 Å². The zero-order chi connectivity index (χ0) is 13.2. The van der Waals surface area contributed by atoms with Gasteiger partial charge < -0.3 is 5.73 Å². The molecule has 19 heavy (non-hydrogen) atoms. The normalized spacial score (nSPS) is 11.1. The average molecular weight is 256 g/mol. The Balaban J connectivity index is 2.18. The molecule has 5 heteroatoms. The Morgan fingerprint density at radius 2 is 2.21 bits per heavy atom. The van der Waals surface area contributed by atoms with Crippen LogP contribution in [0.25, 0.3) is 16.8 Å². The van der Waals surface area contributed by atoms with Gasteiger partial charge in [-0.1, -0.05) is 12.1 Å². The predicted octanol–water partition coefficient (Wildman–Crippen LogP) is 2.04. The maximum absolute atomic E-state index is 13.3. The van der Waals surface area contributed by atoms with Crippen LogP contribution < -0.4 is 5.73 Å². The molecule has 0 saturated heterocycles. The summed E-state index contributed by atoms with van der Waals surface area (Å²) < 4.78 is 15.2. The highest BCUT2D eigenvalue weighted by Gasteiger charge is 2.09. The topological polar surface area (TPSA) is 56.2 Å². The number of halogens is 1. The van der Waals surface area contributed by atoms with E-state index in [9.17, 15) is 4.39 Å². The number of hydrogen-bond acceptors (Lipinski definition) is 3. The van der Waals surface area contributed by atoms with Gasteiger partial charge in [-0.05, 0) is 24.2 Å². The van der Waals surface area contributed by atoms with Crippen LogP contribution in [0.1, 0.15) is 5.69 Å². The van der Waals surface area contributed by atoms with Gasteiger partial charge in [0.2, 0.25) is 0 Å². The fourth-order valence-electron chi connectivity index (χ4n) is 2.10. The lowest BCUT2D eigenvalue weighted by atomic mass is 10.1. The molecule has 0 saturated carbocycles. The number of imidazole rings is 1. The second-order valence-corrected chi connectivity index (χ2v) is 4.32. The standard InChI is InChI=1S/C14H13FN4/c15-11-3-1-2-10(6-11)13-7-17-9-19-8-12(4-5-16)18-14(13)19/h1-3,6-9H,4-5,16H2. The maximum Gasteiger partial charge on any atom is 0.147 e. The lowest BCUT2D eigenvalue weighted by Gasteiger charge is -2.02. The molecule has 2 heterocycles. The molecule has 3 aromatic rings. The molecule has 0 bridgehead atoms. The van der Waals surface area contributed by atoms with Crippen molar-refractivity contribution in [2.45, 2.75) is 6.42 Å². The number of aromatic nitrogens is 3. The average Bonchev–Trinajstić information content (AvgIpc) is 2.81. The number of nitrogens with two attached hydrogens (primary N) is 1. The minimum Gasteiger partial charge on any atom is -0.330 e. The van der Waals surface area contributed by atoms with Gasteiger partial charge in [0.05, 0.1) is 5.69 Å². The van der Waals surface area contributed by atoms with Gasteiger partial charge in [-0.25, -0.2) is 14.4 Å². The molecule has 96 valence electrons. The van der Waals surface area contributed by atoms with Crippen molar-refractivity contribution in [3.05, 3.63) is 54.5 Å². The third-order valence-electron chi connectivity index (χ3n) is 2.95. The molecule has 0 aliphatic heterocycles. The van der Waals surface area contributed by atoms with Crippen LogP contribution >= 0.6 is 0 Å². The number of benzene rings is 1. The van der Waals surface area contributed by atoms with Crippen LogP contribution in [-0.2, 0) is 6.42 Å². The molecule has 1 aromatic carbocycles. The molecular weight excluding hydrogens is 243 g/mol. The molecule has 3 rings (SSSR count). The van der Waals surface area contributed by atoms with Crippen LogP contribution in [0.3, 0.4) is 0 Å². The van der Waals surface area contributed by atoms with E-state index in [1.165, 1.54) is 12.1 Å². The largest absolute Gasteiger partial charge is 0.330 e. The van der Waals surface area contributed by atoms with Gasteiger partial charge in [0.25, 0.3) is 0 Å². The van der Waals surface area contributed by atoms with Crippen LogP contribution in [0.4, 0.5) is 4.39 Å². The van der Waals surface area contributed by atoms with E-state index in [0.29, 0.717) is 13.0 Å². The Kier molecular flexibility index (Phi) is 2.97. The van der Waals surface area contributed by atoms with Crippen LogP contribution in [-0.4, -0.2) is 20.9 Å². The Labute approximate surface area is 109 Å². The minimum atomic E-state index is -0.270.